The van der Waals surface area contributed by atoms with Crippen molar-refractivity contribution in [2.45, 2.75) is 46.7 Å². The molecule has 1 aromatic carbocycles. The quantitative estimate of drug-likeness (QED) is 0.841. The van der Waals surface area contributed by atoms with Gasteiger partial charge in [-0.1, -0.05) is 32.9 Å². The molecule has 2 atom stereocenters. The number of benzene rings is 1. The van der Waals surface area contributed by atoms with Gasteiger partial charge in [-0.2, -0.15) is 0 Å². The number of likely N-dealkylation sites (tertiary alicyclic amines) is 1. The molecule has 0 unspecified atom stereocenters. The second-order valence-corrected chi connectivity index (χ2v) is 7.59. The Morgan fingerprint density at radius 2 is 1.73 bits per heavy atom. The molecule has 1 fully saturated rings. The van der Waals surface area contributed by atoms with Gasteiger partial charge in [0.25, 0.3) is 5.56 Å². The third kappa shape index (κ3) is 3.45. The Labute approximate surface area is 153 Å². The van der Waals surface area contributed by atoms with Gasteiger partial charge in [-0.15, -0.1) is 0 Å². The minimum absolute atomic E-state index is 0.0250. The number of para-hydroxylation sites is 1. The van der Waals surface area contributed by atoms with Crippen molar-refractivity contribution >= 4 is 16.8 Å². The summed E-state index contributed by atoms with van der Waals surface area (Å²) >= 11 is 0. The Bertz CT molecular complexity index is 918. The fourth-order valence-electron chi connectivity index (χ4n) is 4.05. The first kappa shape index (κ1) is 18.4. The zero-order valence-electron chi connectivity index (χ0n) is 15.8. The molecule has 1 aliphatic heterocycles. The number of hydrogen-bond acceptors (Lipinski definition) is 3. The lowest BCUT2D eigenvalue weighted by atomic mass is 9.92. The molecule has 2 aromatic rings. The average molecular weight is 357 g/mol. The van der Waals surface area contributed by atoms with Crippen molar-refractivity contribution in [2.75, 3.05) is 13.1 Å². The Morgan fingerprint density at radius 1 is 1.08 bits per heavy atom. The third-order valence-electron chi connectivity index (χ3n) is 5.09. The molecule has 140 valence electrons. The maximum atomic E-state index is 12.9. The molecule has 6 nitrogen and oxygen atoms in total. The summed E-state index contributed by atoms with van der Waals surface area (Å²) in [7, 11) is 0. The number of hydrogen-bond donors (Lipinski definition) is 0. The maximum absolute atomic E-state index is 12.9. The zero-order chi connectivity index (χ0) is 18.8. The van der Waals surface area contributed by atoms with Gasteiger partial charge in [0.15, 0.2) is 0 Å². The molecule has 1 amide bonds. The number of nitrogens with zero attached hydrogens (tertiary/aromatic N) is 3. The predicted molar refractivity (Wildman–Crippen MR) is 102 cm³/mol. The summed E-state index contributed by atoms with van der Waals surface area (Å²) < 4.78 is 2.70. The summed E-state index contributed by atoms with van der Waals surface area (Å²) in [5.41, 5.74) is -0.153. The second kappa shape index (κ2) is 7.48. The van der Waals surface area contributed by atoms with Crippen LogP contribution in [-0.2, 0) is 17.9 Å². The van der Waals surface area contributed by atoms with E-state index in [9.17, 15) is 14.4 Å². The van der Waals surface area contributed by atoms with Crippen LogP contribution in [0.1, 0.15) is 33.6 Å². The molecule has 2 heterocycles. The molecular formula is C20H27N3O3. The van der Waals surface area contributed by atoms with Gasteiger partial charge in [-0.3, -0.25) is 18.7 Å². The van der Waals surface area contributed by atoms with Gasteiger partial charge in [-0.25, -0.2) is 4.79 Å². The van der Waals surface area contributed by atoms with Crippen molar-refractivity contribution in [3.63, 3.8) is 0 Å². The Hall–Kier alpha value is -2.37. The highest BCUT2D eigenvalue weighted by molar-refractivity contribution is 5.81. The first-order valence-corrected chi connectivity index (χ1v) is 9.42. The molecule has 3 rings (SSSR count). The van der Waals surface area contributed by atoms with Gasteiger partial charge in [0, 0.05) is 19.6 Å². The van der Waals surface area contributed by atoms with E-state index in [0.717, 1.165) is 19.5 Å². The topological polar surface area (TPSA) is 64.3 Å². The Kier molecular flexibility index (Phi) is 5.30. The van der Waals surface area contributed by atoms with E-state index in [0.29, 0.717) is 35.7 Å². The average Bonchev–Trinajstić information content (AvgIpc) is 2.61. The van der Waals surface area contributed by atoms with Crippen LogP contribution in [-0.4, -0.2) is 33.0 Å². The van der Waals surface area contributed by atoms with Crippen LogP contribution < -0.4 is 11.2 Å². The summed E-state index contributed by atoms with van der Waals surface area (Å²) in [5, 5.41) is 0.480. The maximum Gasteiger partial charge on any atom is 0.331 e. The smallest absolute Gasteiger partial charge is 0.331 e. The monoisotopic (exact) mass is 357 g/mol. The largest absolute Gasteiger partial charge is 0.341 e. The summed E-state index contributed by atoms with van der Waals surface area (Å²) in [6.07, 6.45) is 1.80. The van der Waals surface area contributed by atoms with Gasteiger partial charge >= 0.3 is 5.69 Å². The molecule has 0 N–H and O–H groups in total. The Morgan fingerprint density at radius 3 is 2.38 bits per heavy atom. The van der Waals surface area contributed by atoms with Crippen LogP contribution in [0, 0.1) is 11.8 Å². The molecular weight excluding hydrogens is 330 g/mol. The highest BCUT2D eigenvalue weighted by Gasteiger charge is 2.26. The van der Waals surface area contributed by atoms with Crippen molar-refractivity contribution in [3.05, 3.63) is 45.1 Å². The van der Waals surface area contributed by atoms with E-state index in [2.05, 4.69) is 13.8 Å². The highest BCUT2D eigenvalue weighted by atomic mass is 16.2. The van der Waals surface area contributed by atoms with Gasteiger partial charge in [0.05, 0.1) is 10.9 Å². The zero-order valence-corrected chi connectivity index (χ0v) is 15.8. The van der Waals surface area contributed by atoms with Crippen LogP contribution in [0.25, 0.3) is 10.9 Å². The van der Waals surface area contributed by atoms with E-state index in [1.54, 1.807) is 24.3 Å². The number of carbonyl (C=O) groups is 1. The van der Waals surface area contributed by atoms with E-state index in [-0.39, 0.29) is 18.0 Å². The molecule has 6 heteroatoms. The first-order chi connectivity index (χ1) is 12.4. The first-order valence-electron chi connectivity index (χ1n) is 9.42. The van der Waals surface area contributed by atoms with Crippen molar-refractivity contribution in [1.29, 1.82) is 0 Å². The van der Waals surface area contributed by atoms with E-state index >= 15 is 0 Å². The van der Waals surface area contributed by atoms with E-state index in [4.69, 9.17) is 0 Å². The van der Waals surface area contributed by atoms with Crippen LogP contribution in [0.3, 0.4) is 0 Å². The summed E-state index contributed by atoms with van der Waals surface area (Å²) in [5.74, 6) is 0.868. The lowest BCUT2D eigenvalue weighted by Gasteiger charge is -2.35. The molecule has 1 saturated heterocycles. The van der Waals surface area contributed by atoms with Gasteiger partial charge in [-0.05, 0) is 36.8 Å². The molecule has 1 aromatic heterocycles. The molecule has 0 radical (unpaired) electrons. The molecule has 0 spiro atoms. The highest BCUT2D eigenvalue weighted by Crippen LogP contribution is 2.21. The molecule has 26 heavy (non-hydrogen) atoms. The van der Waals surface area contributed by atoms with Gasteiger partial charge in [0.1, 0.15) is 6.54 Å². The lowest BCUT2D eigenvalue weighted by Crippen LogP contribution is -2.47. The number of carbonyl (C=O) groups excluding carboxylic acids is 1. The molecule has 0 saturated carbocycles. The fourth-order valence-corrected chi connectivity index (χ4v) is 4.05. The minimum atomic E-state index is -0.401. The second-order valence-electron chi connectivity index (χ2n) is 7.59. The predicted octanol–water partition coefficient (Wildman–Crippen LogP) is 2.08. The number of amides is 1. The molecule has 0 bridgehead atoms. The number of rotatable bonds is 4. The molecule has 1 aliphatic rings. The SMILES string of the molecule is CCCn1c(=O)c2ccccc2n(CC(=O)N2C[C@H](C)C[C@@H](C)C2)c1=O. The normalized spacial score (nSPS) is 20.5. The van der Waals surface area contributed by atoms with Crippen LogP contribution in [0.4, 0.5) is 0 Å². The van der Waals surface area contributed by atoms with Crippen LogP contribution >= 0.6 is 0 Å². The summed E-state index contributed by atoms with van der Waals surface area (Å²) in [4.78, 5) is 40.3. The minimum Gasteiger partial charge on any atom is -0.341 e. The van der Waals surface area contributed by atoms with Crippen LogP contribution in [0.15, 0.2) is 33.9 Å². The van der Waals surface area contributed by atoms with Gasteiger partial charge in [0.2, 0.25) is 5.91 Å². The number of aromatic nitrogens is 2. The number of piperidine rings is 1. The Balaban J connectivity index is 2.03. The van der Waals surface area contributed by atoms with E-state index in [1.807, 2.05) is 11.8 Å². The fraction of sp³-hybridized carbons (Fsp3) is 0.550. The van der Waals surface area contributed by atoms with Crippen molar-refractivity contribution in [1.82, 2.24) is 14.0 Å². The van der Waals surface area contributed by atoms with Gasteiger partial charge < -0.3 is 4.90 Å². The number of fused-ring (bicyclic) bond motifs is 1. The molecule has 0 aliphatic carbocycles. The summed E-state index contributed by atoms with van der Waals surface area (Å²) in [6, 6.07) is 7.03. The van der Waals surface area contributed by atoms with Crippen molar-refractivity contribution < 1.29 is 4.79 Å². The van der Waals surface area contributed by atoms with Crippen molar-refractivity contribution in [2.24, 2.45) is 11.8 Å². The van der Waals surface area contributed by atoms with E-state index in [1.165, 1.54) is 9.13 Å². The lowest BCUT2D eigenvalue weighted by molar-refractivity contribution is -0.134. The van der Waals surface area contributed by atoms with Crippen LogP contribution in [0.5, 0.6) is 0 Å². The third-order valence-corrected chi connectivity index (χ3v) is 5.09. The summed E-state index contributed by atoms with van der Waals surface area (Å²) in [6.45, 7) is 8.01. The van der Waals surface area contributed by atoms with Crippen LogP contribution in [0.2, 0.25) is 0 Å². The van der Waals surface area contributed by atoms with E-state index < -0.39 is 5.69 Å². The standard InChI is InChI=1S/C20H27N3O3/c1-4-9-22-19(25)16-7-5-6-8-17(16)23(20(22)26)13-18(24)21-11-14(2)10-15(3)12-21/h5-8,14-15H,4,9-13H2,1-3H3/t14-,15-/m1/s1. The van der Waals surface area contributed by atoms with Crippen molar-refractivity contribution in [3.8, 4) is 0 Å².